The zero-order valence-electron chi connectivity index (χ0n) is 8.97. The van der Waals surface area contributed by atoms with Gasteiger partial charge >= 0.3 is 5.97 Å². The van der Waals surface area contributed by atoms with Crippen molar-refractivity contribution in [2.75, 3.05) is 0 Å². The van der Waals surface area contributed by atoms with E-state index in [1.807, 2.05) is 13.0 Å². The molecule has 0 amide bonds. The molecule has 0 aromatic heterocycles. The molecule has 2 heteroatoms. The Kier molecular flexibility index (Phi) is 3.14. The van der Waals surface area contributed by atoms with Gasteiger partial charge in [-0.2, -0.15) is 0 Å². The van der Waals surface area contributed by atoms with Crippen LogP contribution < -0.4 is 0 Å². The van der Waals surface area contributed by atoms with E-state index in [2.05, 4.69) is 13.5 Å². The first kappa shape index (κ1) is 11.0. The minimum absolute atomic E-state index is 0.0965. The Morgan fingerprint density at radius 1 is 1.71 bits per heavy atom. The summed E-state index contributed by atoms with van der Waals surface area (Å²) in [4.78, 5) is 10.7. The van der Waals surface area contributed by atoms with Gasteiger partial charge in [0.05, 0.1) is 6.42 Å². The molecule has 0 fully saturated rings. The summed E-state index contributed by atoms with van der Waals surface area (Å²) < 4.78 is 0. The maximum absolute atomic E-state index is 10.7. The van der Waals surface area contributed by atoms with E-state index in [1.54, 1.807) is 0 Å². The van der Waals surface area contributed by atoms with Crippen molar-refractivity contribution in [3.05, 3.63) is 23.8 Å². The molecule has 1 aliphatic carbocycles. The van der Waals surface area contributed by atoms with E-state index in [4.69, 9.17) is 5.11 Å². The lowest BCUT2D eigenvalue weighted by molar-refractivity contribution is -0.136. The lowest BCUT2D eigenvalue weighted by atomic mass is 9.70. The van der Waals surface area contributed by atoms with Gasteiger partial charge in [0, 0.05) is 5.41 Å². The molecule has 2 nitrogen and oxygen atoms in total. The number of carboxylic acids is 1. The number of rotatable bonds is 3. The fourth-order valence-corrected chi connectivity index (χ4v) is 2.24. The van der Waals surface area contributed by atoms with Crippen molar-refractivity contribution in [1.82, 2.24) is 0 Å². The monoisotopic (exact) mass is 194 g/mol. The summed E-state index contributed by atoms with van der Waals surface area (Å²) in [5, 5.41) is 8.84. The highest BCUT2D eigenvalue weighted by molar-refractivity contribution is 5.71. The molecule has 1 aliphatic rings. The Hall–Kier alpha value is -1.05. The predicted molar refractivity (Wildman–Crippen MR) is 57.1 cm³/mol. The number of hydrogen-bond acceptors (Lipinski definition) is 1. The maximum Gasteiger partial charge on any atom is 0.307 e. The Morgan fingerprint density at radius 3 is 2.86 bits per heavy atom. The molecule has 14 heavy (non-hydrogen) atoms. The molecule has 1 atom stereocenters. The molecule has 1 rings (SSSR count). The molecular weight excluding hydrogens is 176 g/mol. The average Bonchev–Trinajstić information content (AvgIpc) is 2.12. The summed E-state index contributed by atoms with van der Waals surface area (Å²) in [6.07, 6.45) is 5.25. The quantitative estimate of drug-likeness (QED) is 0.701. The van der Waals surface area contributed by atoms with Crippen molar-refractivity contribution < 1.29 is 9.90 Å². The first-order valence-corrected chi connectivity index (χ1v) is 5.04. The predicted octanol–water partition coefficient (Wildman–Crippen LogP) is 3.15. The van der Waals surface area contributed by atoms with Gasteiger partial charge in [-0.25, -0.2) is 0 Å². The van der Waals surface area contributed by atoms with Crippen LogP contribution in [0.3, 0.4) is 0 Å². The lowest BCUT2D eigenvalue weighted by Crippen LogP contribution is -2.23. The summed E-state index contributed by atoms with van der Waals surface area (Å²) in [6, 6.07) is 0. The van der Waals surface area contributed by atoms with Gasteiger partial charge in [-0.1, -0.05) is 24.1 Å². The van der Waals surface area contributed by atoms with E-state index in [0.717, 1.165) is 24.8 Å². The van der Waals surface area contributed by atoms with E-state index >= 15 is 0 Å². The zero-order chi connectivity index (χ0) is 10.8. The molecule has 0 bridgehead atoms. The van der Waals surface area contributed by atoms with E-state index in [0.29, 0.717) is 0 Å². The molecule has 1 unspecified atom stereocenters. The number of carbonyl (C=O) groups is 1. The molecule has 0 heterocycles. The smallest absolute Gasteiger partial charge is 0.307 e. The fraction of sp³-hybridized carbons (Fsp3) is 0.583. The van der Waals surface area contributed by atoms with Gasteiger partial charge in [-0.05, 0) is 26.2 Å². The van der Waals surface area contributed by atoms with Crippen molar-refractivity contribution in [2.24, 2.45) is 5.41 Å². The van der Waals surface area contributed by atoms with Gasteiger partial charge in [0.2, 0.25) is 0 Å². The largest absolute Gasteiger partial charge is 0.481 e. The van der Waals surface area contributed by atoms with Crippen LogP contribution in [0.15, 0.2) is 23.8 Å². The highest BCUT2D eigenvalue weighted by Gasteiger charge is 2.31. The standard InChI is InChI=1S/C12H18O2/c1-4-12(3)7-5-6-9(2)10(12)8-11(13)14/h4H,1,5-8H2,2-3H3,(H,13,14). The second-order valence-electron chi connectivity index (χ2n) is 4.30. The topological polar surface area (TPSA) is 37.3 Å². The van der Waals surface area contributed by atoms with Gasteiger partial charge in [0.1, 0.15) is 0 Å². The van der Waals surface area contributed by atoms with Crippen LogP contribution in [0.25, 0.3) is 0 Å². The molecule has 78 valence electrons. The van der Waals surface area contributed by atoms with E-state index in [-0.39, 0.29) is 11.8 Å². The van der Waals surface area contributed by atoms with E-state index < -0.39 is 5.97 Å². The van der Waals surface area contributed by atoms with Crippen molar-refractivity contribution >= 4 is 5.97 Å². The van der Waals surface area contributed by atoms with Gasteiger partial charge in [-0.15, -0.1) is 6.58 Å². The zero-order valence-corrected chi connectivity index (χ0v) is 8.97. The highest BCUT2D eigenvalue weighted by Crippen LogP contribution is 2.42. The number of allylic oxidation sites excluding steroid dienone is 2. The number of hydrogen-bond donors (Lipinski definition) is 1. The Balaban J connectivity index is 3.02. The van der Waals surface area contributed by atoms with Gasteiger partial charge < -0.3 is 5.11 Å². The van der Waals surface area contributed by atoms with Crippen LogP contribution in [0.4, 0.5) is 0 Å². The van der Waals surface area contributed by atoms with Crippen LogP contribution in [0.2, 0.25) is 0 Å². The number of aliphatic carboxylic acids is 1. The Bertz CT molecular complexity index is 289. The molecular formula is C12H18O2. The molecule has 0 aromatic carbocycles. The summed E-state index contributed by atoms with van der Waals surface area (Å²) >= 11 is 0. The number of carboxylic acid groups (broad SMARTS) is 1. The van der Waals surface area contributed by atoms with Gasteiger partial charge in [-0.3, -0.25) is 4.79 Å². The first-order valence-electron chi connectivity index (χ1n) is 5.04. The molecule has 0 radical (unpaired) electrons. The van der Waals surface area contributed by atoms with Gasteiger partial charge in [0.25, 0.3) is 0 Å². The van der Waals surface area contributed by atoms with Crippen LogP contribution in [0.1, 0.15) is 39.5 Å². The van der Waals surface area contributed by atoms with Crippen LogP contribution >= 0.6 is 0 Å². The molecule has 0 saturated carbocycles. The van der Waals surface area contributed by atoms with Crippen molar-refractivity contribution in [1.29, 1.82) is 0 Å². The van der Waals surface area contributed by atoms with Crippen LogP contribution in [0.5, 0.6) is 0 Å². The average molecular weight is 194 g/mol. The minimum Gasteiger partial charge on any atom is -0.481 e. The minimum atomic E-state index is -0.741. The fourth-order valence-electron chi connectivity index (χ4n) is 2.24. The van der Waals surface area contributed by atoms with E-state index in [1.165, 1.54) is 5.57 Å². The maximum atomic E-state index is 10.7. The first-order chi connectivity index (χ1) is 6.49. The Morgan fingerprint density at radius 2 is 2.36 bits per heavy atom. The molecule has 0 aromatic rings. The summed E-state index contributed by atoms with van der Waals surface area (Å²) in [6.45, 7) is 7.95. The third kappa shape index (κ3) is 2.06. The molecule has 0 spiro atoms. The summed E-state index contributed by atoms with van der Waals surface area (Å²) in [5.74, 6) is -0.741. The SMILES string of the molecule is C=CC1(C)CCCC(C)=C1CC(=O)O. The second kappa shape index (κ2) is 3.99. The molecule has 0 aliphatic heterocycles. The van der Waals surface area contributed by atoms with Crippen molar-refractivity contribution in [2.45, 2.75) is 39.5 Å². The molecule has 0 saturated heterocycles. The van der Waals surface area contributed by atoms with Gasteiger partial charge in [0.15, 0.2) is 0 Å². The third-order valence-electron chi connectivity index (χ3n) is 3.23. The third-order valence-corrected chi connectivity index (χ3v) is 3.23. The normalized spacial score (nSPS) is 27.6. The van der Waals surface area contributed by atoms with Crippen molar-refractivity contribution in [3.63, 3.8) is 0 Å². The van der Waals surface area contributed by atoms with E-state index in [9.17, 15) is 4.79 Å². The summed E-state index contributed by atoms with van der Waals surface area (Å²) in [7, 11) is 0. The van der Waals surface area contributed by atoms with Crippen LogP contribution in [-0.4, -0.2) is 11.1 Å². The Labute approximate surface area is 85.3 Å². The second-order valence-corrected chi connectivity index (χ2v) is 4.30. The molecule has 1 N–H and O–H groups in total. The lowest BCUT2D eigenvalue weighted by Gasteiger charge is -2.34. The highest BCUT2D eigenvalue weighted by atomic mass is 16.4. The van der Waals surface area contributed by atoms with Crippen LogP contribution in [0, 0.1) is 5.41 Å². The summed E-state index contributed by atoms with van der Waals surface area (Å²) in [5.41, 5.74) is 2.20. The van der Waals surface area contributed by atoms with Crippen LogP contribution in [-0.2, 0) is 4.79 Å². The van der Waals surface area contributed by atoms with Crippen molar-refractivity contribution in [3.8, 4) is 0 Å².